The van der Waals surface area contributed by atoms with Crippen LogP contribution in [0, 0.1) is 4.84 Å². The Labute approximate surface area is 119 Å². The van der Waals surface area contributed by atoms with Gasteiger partial charge in [0.15, 0.2) is 5.58 Å². The van der Waals surface area contributed by atoms with Crippen LogP contribution in [-0.2, 0) is 4.79 Å². The van der Waals surface area contributed by atoms with Crippen LogP contribution < -0.4 is 10.6 Å². The van der Waals surface area contributed by atoms with Gasteiger partial charge in [0.1, 0.15) is 0 Å². The second-order valence-electron chi connectivity index (χ2n) is 4.74. The molecule has 3 rings (SSSR count). The maximum atomic E-state index is 12.1. The third kappa shape index (κ3) is 2.57. The molecule has 3 N–H and O–H groups in total. The minimum atomic E-state index is -0.185. The predicted octanol–water partition coefficient (Wildman–Crippen LogP) is 1.50. The summed E-state index contributed by atoms with van der Waals surface area (Å²) in [5.41, 5.74) is 1.82. The van der Waals surface area contributed by atoms with Gasteiger partial charge in [0.25, 0.3) is 10.7 Å². The van der Waals surface area contributed by atoms with Gasteiger partial charge in [-0.05, 0) is 36.8 Å². The van der Waals surface area contributed by atoms with Gasteiger partial charge >= 0.3 is 0 Å². The maximum absolute atomic E-state index is 12.1. The Bertz CT molecular complexity index is 724. The molecule has 1 aromatic heterocycles. The van der Waals surface area contributed by atoms with Crippen LogP contribution in [0.4, 0.5) is 0 Å². The number of fused-ring (bicyclic) bond motifs is 1. The van der Waals surface area contributed by atoms with E-state index in [1.807, 2.05) is 0 Å². The molecular formula is C13H13N3O3S. The molecule has 1 saturated heterocycles. The number of piperidine rings is 1. The van der Waals surface area contributed by atoms with Crippen molar-refractivity contribution in [1.82, 2.24) is 15.6 Å². The second-order valence-corrected chi connectivity index (χ2v) is 5.11. The molecular weight excluding hydrogens is 278 g/mol. The molecule has 2 amide bonds. The summed E-state index contributed by atoms with van der Waals surface area (Å²) in [6, 6.07) is 5.08. The number of hydrogen-bond donors (Lipinski definition) is 3. The van der Waals surface area contributed by atoms with E-state index < -0.39 is 0 Å². The summed E-state index contributed by atoms with van der Waals surface area (Å²) in [5.74, 6) is -0.156. The second kappa shape index (κ2) is 5.09. The van der Waals surface area contributed by atoms with Crippen molar-refractivity contribution in [2.24, 2.45) is 0 Å². The third-order valence-electron chi connectivity index (χ3n) is 3.28. The van der Waals surface area contributed by atoms with Crippen LogP contribution in [0.2, 0.25) is 0 Å². The molecule has 0 aliphatic carbocycles. The smallest absolute Gasteiger partial charge is 0.266 e. The van der Waals surface area contributed by atoms with Crippen LogP contribution >= 0.6 is 12.2 Å². The fourth-order valence-electron chi connectivity index (χ4n) is 2.21. The average molecular weight is 291 g/mol. The zero-order valence-corrected chi connectivity index (χ0v) is 11.4. The molecule has 2 aromatic rings. The Morgan fingerprint density at radius 1 is 1.45 bits per heavy atom. The predicted molar refractivity (Wildman–Crippen MR) is 74.9 cm³/mol. The topological polar surface area (TPSA) is 87.1 Å². The van der Waals surface area contributed by atoms with E-state index >= 15 is 0 Å². The zero-order chi connectivity index (χ0) is 14.1. The highest BCUT2D eigenvalue weighted by atomic mass is 32.1. The number of aromatic nitrogens is 1. The van der Waals surface area contributed by atoms with Crippen LogP contribution in [0.15, 0.2) is 22.6 Å². The van der Waals surface area contributed by atoms with Gasteiger partial charge < -0.3 is 20.0 Å². The molecule has 1 fully saturated rings. The first kappa shape index (κ1) is 12.9. The number of carbonyl (C=O) groups is 2. The molecule has 1 atom stereocenters. The first-order chi connectivity index (χ1) is 9.61. The Morgan fingerprint density at radius 2 is 2.30 bits per heavy atom. The molecule has 2 heterocycles. The number of carbonyl (C=O) groups excluding carboxylic acids is 2. The lowest BCUT2D eigenvalue weighted by Gasteiger charge is -2.23. The summed E-state index contributed by atoms with van der Waals surface area (Å²) in [7, 11) is 0. The summed E-state index contributed by atoms with van der Waals surface area (Å²) < 4.78 is 5.29. The summed E-state index contributed by atoms with van der Waals surface area (Å²) in [6.07, 6.45) is 1.10. The maximum Gasteiger partial charge on any atom is 0.266 e. The highest BCUT2D eigenvalue weighted by Gasteiger charge is 2.20. The number of hydrogen-bond acceptors (Lipinski definition) is 4. The van der Waals surface area contributed by atoms with Crippen LogP contribution in [0.3, 0.4) is 0 Å². The lowest BCUT2D eigenvalue weighted by atomic mass is 10.1. The number of amides is 2. The van der Waals surface area contributed by atoms with Gasteiger partial charge in [-0.15, -0.1) is 0 Å². The van der Waals surface area contributed by atoms with E-state index in [0.29, 0.717) is 30.5 Å². The van der Waals surface area contributed by atoms with Crippen molar-refractivity contribution < 1.29 is 14.0 Å². The highest BCUT2D eigenvalue weighted by molar-refractivity contribution is 7.71. The molecule has 0 bridgehead atoms. The number of oxazole rings is 1. The van der Waals surface area contributed by atoms with Gasteiger partial charge in [0, 0.05) is 24.6 Å². The Hall–Kier alpha value is -2.15. The van der Waals surface area contributed by atoms with Crippen molar-refractivity contribution in [2.75, 3.05) is 6.54 Å². The van der Waals surface area contributed by atoms with Gasteiger partial charge in [-0.2, -0.15) is 0 Å². The van der Waals surface area contributed by atoms with Crippen molar-refractivity contribution in [2.45, 2.75) is 18.9 Å². The van der Waals surface area contributed by atoms with Crippen molar-refractivity contribution in [3.8, 4) is 0 Å². The van der Waals surface area contributed by atoms with E-state index in [2.05, 4.69) is 15.6 Å². The van der Waals surface area contributed by atoms with Gasteiger partial charge in [-0.1, -0.05) is 0 Å². The Morgan fingerprint density at radius 3 is 3.05 bits per heavy atom. The molecule has 7 heteroatoms. The van der Waals surface area contributed by atoms with Crippen LogP contribution in [0.1, 0.15) is 23.2 Å². The summed E-state index contributed by atoms with van der Waals surface area (Å²) in [4.78, 5) is 26.4. The monoisotopic (exact) mass is 291 g/mol. The molecule has 0 saturated carbocycles. The van der Waals surface area contributed by atoms with Gasteiger partial charge in [-0.3, -0.25) is 9.59 Å². The van der Waals surface area contributed by atoms with E-state index in [1.165, 1.54) is 0 Å². The average Bonchev–Trinajstić information content (AvgIpc) is 2.80. The first-order valence-corrected chi connectivity index (χ1v) is 6.73. The van der Waals surface area contributed by atoms with Crippen LogP contribution in [0.5, 0.6) is 0 Å². The lowest BCUT2D eigenvalue weighted by molar-refractivity contribution is -0.122. The Balaban J connectivity index is 1.74. The lowest BCUT2D eigenvalue weighted by Crippen LogP contribution is -2.47. The first-order valence-electron chi connectivity index (χ1n) is 6.32. The molecule has 1 aliphatic heterocycles. The molecule has 104 valence electrons. The van der Waals surface area contributed by atoms with Crippen molar-refractivity contribution in [3.05, 3.63) is 28.6 Å². The largest absolute Gasteiger partial charge is 0.429 e. The van der Waals surface area contributed by atoms with E-state index in [4.69, 9.17) is 16.6 Å². The summed E-state index contributed by atoms with van der Waals surface area (Å²) in [6.45, 7) is 0.470. The van der Waals surface area contributed by atoms with E-state index in [0.717, 1.165) is 5.52 Å². The quantitative estimate of drug-likeness (QED) is 0.732. The molecule has 6 nitrogen and oxygen atoms in total. The number of nitrogens with one attached hydrogen (secondary N) is 3. The molecule has 1 aliphatic rings. The molecule has 0 unspecified atom stereocenters. The van der Waals surface area contributed by atoms with E-state index in [1.54, 1.807) is 18.2 Å². The van der Waals surface area contributed by atoms with Crippen LogP contribution in [-0.4, -0.2) is 29.4 Å². The summed E-state index contributed by atoms with van der Waals surface area (Å²) >= 11 is 4.90. The fraction of sp³-hybridized carbons (Fsp3) is 0.308. The number of aromatic amines is 1. The van der Waals surface area contributed by atoms with Crippen molar-refractivity contribution >= 4 is 35.1 Å². The number of H-pyrrole nitrogens is 1. The van der Waals surface area contributed by atoms with Crippen LogP contribution in [0.25, 0.3) is 11.1 Å². The zero-order valence-electron chi connectivity index (χ0n) is 10.6. The summed E-state index contributed by atoms with van der Waals surface area (Å²) in [5, 5.41) is 5.63. The highest BCUT2D eigenvalue weighted by Crippen LogP contribution is 2.15. The van der Waals surface area contributed by atoms with Gasteiger partial charge in [0.2, 0.25) is 5.91 Å². The minimum absolute atomic E-state index is 0.0287. The molecule has 0 spiro atoms. The van der Waals surface area contributed by atoms with Crippen molar-refractivity contribution in [1.29, 1.82) is 0 Å². The number of rotatable bonds is 2. The fourth-order valence-corrected chi connectivity index (χ4v) is 2.41. The van der Waals surface area contributed by atoms with Crippen molar-refractivity contribution in [3.63, 3.8) is 0 Å². The molecule has 20 heavy (non-hydrogen) atoms. The van der Waals surface area contributed by atoms with E-state index in [-0.39, 0.29) is 22.7 Å². The third-order valence-corrected chi connectivity index (χ3v) is 3.47. The standard InChI is InChI=1S/C13H13N3O3S/c17-11-4-2-8(6-14-11)15-12(18)7-1-3-9-10(5-7)19-13(20)16-9/h1,3,5,8H,2,4,6H2,(H,14,17)(H,15,18)(H,16,20)/t8-/m0/s1. The minimum Gasteiger partial charge on any atom is -0.429 e. The van der Waals surface area contributed by atoms with Gasteiger partial charge in [0.05, 0.1) is 5.52 Å². The molecule has 0 radical (unpaired) electrons. The van der Waals surface area contributed by atoms with E-state index in [9.17, 15) is 9.59 Å². The van der Waals surface area contributed by atoms with Gasteiger partial charge in [-0.25, -0.2) is 0 Å². The Kier molecular flexibility index (Phi) is 3.27. The molecule has 1 aromatic carbocycles. The SMILES string of the molecule is O=C1CC[C@H](NC(=O)c2ccc3[nH]c(=S)oc3c2)CN1. The number of benzene rings is 1. The normalized spacial score (nSPS) is 18.8.